The number of nitrogens with zero attached hydrogens (tertiary/aromatic N) is 1. The molecule has 0 radical (unpaired) electrons. The van der Waals surface area contributed by atoms with Crippen LogP contribution in [0.15, 0.2) is 41.4 Å². The van der Waals surface area contributed by atoms with Gasteiger partial charge in [0.05, 0.1) is 7.11 Å². The number of rotatable bonds is 3. The van der Waals surface area contributed by atoms with E-state index in [1.54, 1.807) is 25.3 Å². The fourth-order valence-corrected chi connectivity index (χ4v) is 2.60. The number of phenolic OH excluding ortho intramolecular Hbond substituents is 2. The third-order valence-electron chi connectivity index (χ3n) is 3.71. The zero-order valence-corrected chi connectivity index (χ0v) is 11.8. The average molecular weight is 283 g/mol. The molecule has 0 aliphatic carbocycles. The first kappa shape index (κ1) is 13.5. The largest absolute Gasteiger partial charge is 0.508 e. The van der Waals surface area contributed by atoms with Crippen molar-refractivity contribution in [2.75, 3.05) is 13.7 Å². The molecule has 21 heavy (non-hydrogen) atoms. The van der Waals surface area contributed by atoms with Crippen LogP contribution in [0, 0.1) is 0 Å². The third-order valence-corrected chi connectivity index (χ3v) is 3.71. The lowest BCUT2D eigenvalue weighted by Crippen LogP contribution is -2.15. The van der Waals surface area contributed by atoms with Gasteiger partial charge in [-0.2, -0.15) is 0 Å². The maximum atomic E-state index is 9.97. The summed E-state index contributed by atoms with van der Waals surface area (Å²) >= 11 is 0. The van der Waals surface area contributed by atoms with Gasteiger partial charge in [0.1, 0.15) is 5.75 Å². The Hall–Kier alpha value is -2.49. The molecule has 4 nitrogen and oxygen atoms in total. The smallest absolute Gasteiger partial charge is 0.160 e. The van der Waals surface area contributed by atoms with Gasteiger partial charge >= 0.3 is 0 Å². The molecule has 0 saturated heterocycles. The van der Waals surface area contributed by atoms with E-state index in [1.165, 1.54) is 0 Å². The minimum atomic E-state index is 0.136. The van der Waals surface area contributed by atoms with Crippen molar-refractivity contribution in [2.45, 2.75) is 12.8 Å². The first-order valence-electron chi connectivity index (χ1n) is 6.89. The summed E-state index contributed by atoms with van der Waals surface area (Å²) in [5.41, 5.74) is 4.16. The van der Waals surface area contributed by atoms with Crippen LogP contribution in [0.4, 0.5) is 0 Å². The van der Waals surface area contributed by atoms with Crippen molar-refractivity contribution in [2.24, 2.45) is 4.99 Å². The fourth-order valence-electron chi connectivity index (χ4n) is 2.60. The first-order chi connectivity index (χ1) is 10.2. The summed E-state index contributed by atoms with van der Waals surface area (Å²) in [5, 5.41) is 19.3. The van der Waals surface area contributed by atoms with E-state index in [9.17, 15) is 10.2 Å². The topological polar surface area (TPSA) is 62.0 Å². The van der Waals surface area contributed by atoms with Crippen molar-refractivity contribution in [3.05, 3.63) is 53.1 Å². The Bertz CT molecular complexity index is 690. The molecule has 2 aromatic rings. The molecule has 1 aliphatic rings. The van der Waals surface area contributed by atoms with Gasteiger partial charge in [-0.1, -0.05) is 12.1 Å². The molecule has 0 saturated carbocycles. The molecule has 2 N–H and O–H groups in total. The second-order valence-electron chi connectivity index (χ2n) is 5.10. The Kier molecular flexibility index (Phi) is 3.52. The van der Waals surface area contributed by atoms with Crippen LogP contribution in [0.2, 0.25) is 0 Å². The van der Waals surface area contributed by atoms with Gasteiger partial charge < -0.3 is 14.9 Å². The van der Waals surface area contributed by atoms with Gasteiger partial charge in [0.25, 0.3) is 0 Å². The predicted molar refractivity (Wildman–Crippen MR) is 81.6 cm³/mol. The molecule has 3 rings (SSSR count). The van der Waals surface area contributed by atoms with Gasteiger partial charge in [0.15, 0.2) is 11.5 Å². The van der Waals surface area contributed by atoms with Gasteiger partial charge in [0, 0.05) is 24.2 Å². The highest BCUT2D eigenvalue weighted by Crippen LogP contribution is 2.32. The highest BCUT2D eigenvalue weighted by Gasteiger charge is 2.18. The summed E-state index contributed by atoms with van der Waals surface area (Å²) in [7, 11) is 1.55. The van der Waals surface area contributed by atoms with Crippen LogP contribution in [0.1, 0.15) is 16.7 Å². The van der Waals surface area contributed by atoms with Gasteiger partial charge in [-0.15, -0.1) is 0 Å². The van der Waals surface area contributed by atoms with E-state index in [0.717, 1.165) is 35.4 Å². The molecule has 0 aromatic heterocycles. The summed E-state index contributed by atoms with van der Waals surface area (Å²) in [6.45, 7) is 0.744. The van der Waals surface area contributed by atoms with Crippen LogP contribution in [0.5, 0.6) is 17.2 Å². The second kappa shape index (κ2) is 5.48. The summed E-state index contributed by atoms with van der Waals surface area (Å²) < 4.78 is 5.16. The van der Waals surface area contributed by atoms with E-state index in [-0.39, 0.29) is 11.5 Å². The summed E-state index contributed by atoms with van der Waals surface area (Å²) in [4.78, 5) is 4.59. The number of aromatic hydroxyl groups is 2. The lowest BCUT2D eigenvalue weighted by Gasteiger charge is -2.19. The zero-order valence-electron chi connectivity index (χ0n) is 11.8. The molecule has 0 unspecified atom stereocenters. The van der Waals surface area contributed by atoms with Gasteiger partial charge in [-0.05, 0) is 41.8 Å². The third kappa shape index (κ3) is 2.70. The van der Waals surface area contributed by atoms with Crippen molar-refractivity contribution < 1.29 is 14.9 Å². The quantitative estimate of drug-likeness (QED) is 0.910. The van der Waals surface area contributed by atoms with Crippen molar-refractivity contribution >= 4 is 5.71 Å². The minimum Gasteiger partial charge on any atom is -0.508 e. The summed E-state index contributed by atoms with van der Waals surface area (Å²) in [6.07, 6.45) is 1.53. The maximum Gasteiger partial charge on any atom is 0.160 e. The molecule has 0 spiro atoms. The standard InChI is InChI=1S/C17H17NO3/c1-21-17-9-12-6-7-18-15(14(12)10-16(17)20)8-11-2-4-13(19)5-3-11/h2-5,9-10,19-20H,6-8H2,1H3. The van der Waals surface area contributed by atoms with Gasteiger partial charge in [-0.3, -0.25) is 4.99 Å². The molecule has 108 valence electrons. The number of phenols is 2. The molecule has 1 heterocycles. The Balaban J connectivity index is 1.93. The molecule has 2 aromatic carbocycles. The molecular formula is C17H17NO3. The van der Waals surface area contributed by atoms with E-state index in [4.69, 9.17) is 4.74 Å². The molecule has 1 aliphatic heterocycles. The predicted octanol–water partition coefficient (Wildman–Crippen LogP) is 2.69. The highest BCUT2D eigenvalue weighted by molar-refractivity contribution is 6.04. The zero-order chi connectivity index (χ0) is 14.8. The molecular weight excluding hydrogens is 266 g/mol. The second-order valence-corrected chi connectivity index (χ2v) is 5.10. The van der Waals surface area contributed by atoms with Crippen LogP contribution in [-0.2, 0) is 12.8 Å². The van der Waals surface area contributed by atoms with E-state index in [0.29, 0.717) is 12.2 Å². The van der Waals surface area contributed by atoms with Crippen molar-refractivity contribution in [3.8, 4) is 17.2 Å². The first-order valence-corrected chi connectivity index (χ1v) is 6.89. The van der Waals surface area contributed by atoms with Crippen LogP contribution < -0.4 is 4.74 Å². The number of aliphatic imine (C=N–C) groups is 1. The summed E-state index contributed by atoms with van der Waals surface area (Å²) in [6, 6.07) is 10.7. The summed E-state index contributed by atoms with van der Waals surface area (Å²) in [5.74, 6) is 0.892. The minimum absolute atomic E-state index is 0.136. The van der Waals surface area contributed by atoms with Crippen LogP contribution >= 0.6 is 0 Å². The van der Waals surface area contributed by atoms with Gasteiger partial charge in [0.2, 0.25) is 0 Å². The van der Waals surface area contributed by atoms with E-state index in [1.807, 2.05) is 18.2 Å². The van der Waals surface area contributed by atoms with Crippen molar-refractivity contribution in [3.63, 3.8) is 0 Å². The monoisotopic (exact) mass is 283 g/mol. The van der Waals surface area contributed by atoms with Crippen molar-refractivity contribution in [1.82, 2.24) is 0 Å². The number of hydrogen-bond donors (Lipinski definition) is 2. The van der Waals surface area contributed by atoms with E-state index in [2.05, 4.69) is 4.99 Å². The Morgan fingerprint density at radius 2 is 1.90 bits per heavy atom. The van der Waals surface area contributed by atoms with Crippen LogP contribution in [0.3, 0.4) is 0 Å². The number of fused-ring (bicyclic) bond motifs is 1. The lowest BCUT2D eigenvalue weighted by atomic mass is 9.93. The number of benzene rings is 2. The van der Waals surface area contributed by atoms with Crippen LogP contribution in [-0.4, -0.2) is 29.6 Å². The Morgan fingerprint density at radius 1 is 1.14 bits per heavy atom. The lowest BCUT2D eigenvalue weighted by molar-refractivity contribution is 0.373. The number of ether oxygens (including phenoxy) is 1. The van der Waals surface area contributed by atoms with E-state index >= 15 is 0 Å². The average Bonchev–Trinajstić information content (AvgIpc) is 2.49. The molecule has 0 amide bonds. The Labute approximate surface area is 123 Å². The molecule has 0 atom stereocenters. The van der Waals surface area contributed by atoms with Crippen molar-refractivity contribution in [1.29, 1.82) is 0 Å². The fraction of sp³-hybridized carbons (Fsp3) is 0.235. The number of hydrogen-bond acceptors (Lipinski definition) is 4. The molecule has 4 heteroatoms. The Morgan fingerprint density at radius 3 is 2.62 bits per heavy atom. The van der Waals surface area contributed by atoms with Crippen LogP contribution in [0.25, 0.3) is 0 Å². The van der Waals surface area contributed by atoms with Gasteiger partial charge in [-0.25, -0.2) is 0 Å². The van der Waals surface area contributed by atoms with E-state index < -0.39 is 0 Å². The highest BCUT2D eigenvalue weighted by atomic mass is 16.5. The maximum absolute atomic E-state index is 9.97. The number of methoxy groups -OCH3 is 1. The molecule has 0 bridgehead atoms. The molecule has 0 fully saturated rings. The SMILES string of the molecule is COc1cc2c(cc1O)C(Cc1ccc(O)cc1)=NCC2. The normalized spacial score (nSPS) is 13.5.